The van der Waals surface area contributed by atoms with Crippen LogP contribution in [0.4, 0.5) is 11.9 Å². The number of benzene rings is 1. The summed E-state index contributed by atoms with van der Waals surface area (Å²) in [5.74, 6) is 1.91. The molecular formula is C17H24ClN5O. The van der Waals surface area contributed by atoms with Crippen molar-refractivity contribution in [2.75, 3.05) is 30.9 Å². The summed E-state index contributed by atoms with van der Waals surface area (Å²) in [5.41, 5.74) is -0.373. The van der Waals surface area contributed by atoms with Crippen molar-refractivity contribution in [2.45, 2.75) is 32.3 Å². The summed E-state index contributed by atoms with van der Waals surface area (Å²) in [5, 5.41) is 14.4. The molecule has 1 aromatic carbocycles. The zero-order valence-corrected chi connectivity index (χ0v) is 15.5. The Morgan fingerprint density at radius 2 is 1.96 bits per heavy atom. The Kier molecular flexibility index (Phi) is 5.62. The Hall–Kier alpha value is -1.92. The lowest BCUT2D eigenvalue weighted by atomic mass is 9.96. The molecule has 6 nitrogen and oxygen atoms in total. The van der Waals surface area contributed by atoms with Gasteiger partial charge in [0, 0.05) is 25.0 Å². The largest absolute Gasteiger partial charge is 0.384 e. The number of nitrogens with zero attached hydrogens (tertiary/aromatic N) is 4. The average molecular weight is 350 g/mol. The van der Waals surface area contributed by atoms with E-state index in [4.69, 9.17) is 11.6 Å². The monoisotopic (exact) mass is 349 g/mol. The SMILES string of the molecule is CC(C)c1nc(NCC(C)(O)c2cccc(Cl)c2)nc(N(C)C)n1. The smallest absolute Gasteiger partial charge is 0.229 e. The van der Waals surface area contributed by atoms with Crippen LogP contribution in [-0.2, 0) is 5.60 Å². The van der Waals surface area contributed by atoms with Gasteiger partial charge in [-0.15, -0.1) is 0 Å². The lowest BCUT2D eigenvalue weighted by Crippen LogP contribution is -2.31. The average Bonchev–Trinajstić information content (AvgIpc) is 2.52. The summed E-state index contributed by atoms with van der Waals surface area (Å²) in [6, 6.07) is 7.18. The minimum Gasteiger partial charge on any atom is -0.384 e. The predicted octanol–water partition coefficient (Wildman–Crippen LogP) is 3.03. The van der Waals surface area contributed by atoms with Gasteiger partial charge in [-0.05, 0) is 24.6 Å². The van der Waals surface area contributed by atoms with Crippen molar-refractivity contribution in [3.05, 3.63) is 40.7 Å². The van der Waals surface area contributed by atoms with Crippen LogP contribution in [0, 0.1) is 0 Å². The van der Waals surface area contributed by atoms with Gasteiger partial charge in [-0.3, -0.25) is 0 Å². The summed E-state index contributed by atoms with van der Waals surface area (Å²) < 4.78 is 0. The minimum absolute atomic E-state index is 0.181. The summed E-state index contributed by atoms with van der Waals surface area (Å²) in [7, 11) is 3.76. The van der Waals surface area contributed by atoms with Crippen LogP contribution in [-0.4, -0.2) is 40.7 Å². The number of nitrogens with one attached hydrogen (secondary N) is 1. The van der Waals surface area contributed by atoms with Crippen molar-refractivity contribution < 1.29 is 5.11 Å². The maximum absolute atomic E-state index is 10.7. The first-order valence-electron chi connectivity index (χ1n) is 7.84. The second kappa shape index (κ2) is 7.32. The molecule has 0 spiro atoms. The Morgan fingerprint density at radius 1 is 1.25 bits per heavy atom. The third-order valence-electron chi connectivity index (χ3n) is 3.59. The van der Waals surface area contributed by atoms with E-state index in [1.807, 2.05) is 45.0 Å². The fraction of sp³-hybridized carbons (Fsp3) is 0.471. The number of hydrogen-bond donors (Lipinski definition) is 2. The number of aliphatic hydroxyl groups is 1. The second-order valence-electron chi connectivity index (χ2n) is 6.50. The van der Waals surface area contributed by atoms with Gasteiger partial charge >= 0.3 is 0 Å². The predicted molar refractivity (Wildman–Crippen MR) is 97.8 cm³/mol. The normalized spacial score (nSPS) is 13.7. The molecule has 0 amide bonds. The van der Waals surface area contributed by atoms with Crippen LogP contribution in [0.2, 0.25) is 5.02 Å². The Balaban J connectivity index is 2.21. The highest BCUT2D eigenvalue weighted by atomic mass is 35.5. The van der Waals surface area contributed by atoms with Crippen molar-refractivity contribution >= 4 is 23.5 Å². The Bertz CT molecular complexity index is 677. The number of halogens is 1. The number of hydrogen-bond acceptors (Lipinski definition) is 6. The van der Waals surface area contributed by atoms with Gasteiger partial charge in [0.05, 0.1) is 6.54 Å². The van der Waals surface area contributed by atoms with Gasteiger partial charge in [0.1, 0.15) is 11.4 Å². The van der Waals surface area contributed by atoms with E-state index in [-0.39, 0.29) is 12.5 Å². The molecule has 130 valence electrons. The molecule has 1 aromatic heterocycles. The zero-order valence-electron chi connectivity index (χ0n) is 14.7. The molecule has 2 rings (SSSR count). The fourth-order valence-corrected chi connectivity index (χ4v) is 2.28. The molecule has 1 heterocycles. The van der Waals surface area contributed by atoms with Crippen molar-refractivity contribution in [3.8, 4) is 0 Å². The minimum atomic E-state index is -1.10. The first-order chi connectivity index (χ1) is 11.2. The van der Waals surface area contributed by atoms with E-state index in [1.54, 1.807) is 19.1 Å². The summed E-state index contributed by atoms with van der Waals surface area (Å²) in [6.45, 7) is 6.03. The van der Waals surface area contributed by atoms with Crippen LogP contribution in [0.25, 0.3) is 0 Å². The van der Waals surface area contributed by atoms with E-state index >= 15 is 0 Å². The fourth-order valence-electron chi connectivity index (χ4n) is 2.09. The first kappa shape index (κ1) is 18.4. The lowest BCUT2D eigenvalue weighted by Gasteiger charge is -2.25. The maximum Gasteiger partial charge on any atom is 0.229 e. The molecule has 24 heavy (non-hydrogen) atoms. The van der Waals surface area contributed by atoms with Crippen LogP contribution in [0.1, 0.15) is 38.1 Å². The number of rotatable bonds is 6. The summed E-state index contributed by atoms with van der Waals surface area (Å²) >= 11 is 6.01. The van der Waals surface area contributed by atoms with Crippen molar-refractivity contribution in [3.63, 3.8) is 0 Å². The van der Waals surface area contributed by atoms with E-state index < -0.39 is 5.60 Å². The van der Waals surface area contributed by atoms with Gasteiger partial charge < -0.3 is 15.3 Å². The van der Waals surface area contributed by atoms with E-state index in [9.17, 15) is 5.11 Å². The van der Waals surface area contributed by atoms with Gasteiger partial charge in [-0.25, -0.2) is 0 Å². The van der Waals surface area contributed by atoms with Crippen LogP contribution < -0.4 is 10.2 Å². The molecule has 0 fully saturated rings. The van der Waals surface area contributed by atoms with Gasteiger partial charge in [0.2, 0.25) is 11.9 Å². The zero-order chi connectivity index (χ0) is 17.9. The highest BCUT2D eigenvalue weighted by Gasteiger charge is 2.24. The van der Waals surface area contributed by atoms with Gasteiger partial charge in [-0.2, -0.15) is 15.0 Å². The molecule has 0 radical (unpaired) electrons. The molecule has 1 atom stereocenters. The molecular weight excluding hydrogens is 326 g/mol. The molecule has 0 aliphatic heterocycles. The molecule has 2 N–H and O–H groups in total. The molecule has 2 aromatic rings. The standard InChI is InChI=1S/C17H24ClN5O/c1-11(2)14-20-15(22-16(21-14)23(4)5)19-10-17(3,24)12-7-6-8-13(18)9-12/h6-9,11,24H,10H2,1-5H3,(H,19,20,21,22). The van der Waals surface area contributed by atoms with Gasteiger partial charge in [0.25, 0.3) is 0 Å². The second-order valence-corrected chi connectivity index (χ2v) is 6.94. The quantitative estimate of drug-likeness (QED) is 0.835. The van der Waals surface area contributed by atoms with Crippen LogP contribution in [0.3, 0.4) is 0 Å². The molecule has 0 saturated carbocycles. The van der Waals surface area contributed by atoms with Crippen LogP contribution in [0.15, 0.2) is 24.3 Å². The maximum atomic E-state index is 10.7. The molecule has 0 aliphatic rings. The third-order valence-corrected chi connectivity index (χ3v) is 3.83. The molecule has 0 bridgehead atoms. The van der Waals surface area contributed by atoms with Crippen molar-refractivity contribution in [2.24, 2.45) is 0 Å². The Labute approximate surface area is 147 Å². The van der Waals surface area contributed by atoms with E-state index in [0.717, 1.165) is 5.56 Å². The number of aromatic nitrogens is 3. The van der Waals surface area contributed by atoms with E-state index in [2.05, 4.69) is 20.3 Å². The summed E-state index contributed by atoms with van der Waals surface area (Å²) in [6.07, 6.45) is 0. The van der Waals surface area contributed by atoms with E-state index in [1.165, 1.54) is 0 Å². The molecule has 1 unspecified atom stereocenters. The van der Waals surface area contributed by atoms with Gasteiger partial charge in [-0.1, -0.05) is 37.6 Å². The summed E-state index contributed by atoms with van der Waals surface area (Å²) in [4.78, 5) is 15.1. The third kappa shape index (κ3) is 4.55. The number of anilines is 2. The molecule has 0 saturated heterocycles. The van der Waals surface area contributed by atoms with Crippen LogP contribution in [0.5, 0.6) is 0 Å². The molecule has 7 heteroatoms. The Morgan fingerprint density at radius 3 is 2.54 bits per heavy atom. The highest BCUT2D eigenvalue weighted by molar-refractivity contribution is 6.30. The first-order valence-corrected chi connectivity index (χ1v) is 8.22. The van der Waals surface area contributed by atoms with Crippen LogP contribution >= 0.6 is 11.6 Å². The molecule has 0 aliphatic carbocycles. The van der Waals surface area contributed by atoms with Crippen molar-refractivity contribution in [1.29, 1.82) is 0 Å². The topological polar surface area (TPSA) is 74.2 Å². The van der Waals surface area contributed by atoms with Gasteiger partial charge in [0.15, 0.2) is 0 Å². The van der Waals surface area contributed by atoms with E-state index in [0.29, 0.717) is 22.7 Å². The highest BCUT2D eigenvalue weighted by Crippen LogP contribution is 2.24. The van der Waals surface area contributed by atoms with Crippen molar-refractivity contribution in [1.82, 2.24) is 15.0 Å². The lowest BCUT2D eigenvalue weighted by molar-refractivity contribution is 0.0713.